The molecule has 0 saturated heterocycles. The Labute approximate surface area is 209 Å². The third-order valence-corrected chi connectivity index (χ3v) is 7.23. The zero-order chi connectivity index (χ0) is 24.9. The van der Waals surface area contributed by atoms with Gasteiger partial charge in [0.1, 0.15) is 17.3 Å². The van der Waals surface area contributed by atoms with Crippen LogP contribution in [0.25, 0.3) is 5.82 Å². The Kier molecular flexibility index (Phi) is 4.91. The molecule has 6 nitrogen and oxygen atoms in total. The SMILES string of the molecule is C#CCN1C(=O)[C@]2(C(C#N)=C(n3cccc3)N(c3ccccc3)C3=C2C(=O)CCC3)c2ccccc21. The van der Waals surface area contributed by atoms with Gasteiger partial charge in [-0.25, -0.2) is 0 Å². The van der Waals surface area contributed by atoms with Crippen LogP contribution < -0.4 is 9.80 Å². The van der Waals surface area contributed by atoms with Gasteiger partial charge in [0.05, 0.1) is 12.1 Å². The van der Waals surface area contributed by atoms with Crippen molar-refractivity contribution in [3.8, 4) is 18.4 Å². The molecule has 0 radical (unpaired) electrons. The Bertz CT molecular complexity index is 1550. The Morgan fingerprint density at radius 2 is 1.67 bits per heavy atom. The number of amides is 1. The minimum absolute atomic E-state index is 0.0500. The van der Waals surface area contributed by atoms with Crippen molar-refractivity contribution in [1.29, 1.82) is 5.26 Å². The van der Waals surface area contributed by atoms with E-state index in [0.29, 0.717) is 41.9 Å². The lowest BCUT2D eigenvalue weighted by molar-refractivity contribution is -0.124. The Hall–Kier alpha value is -4.81. The predicted molar refractivity (Wildman–Crippen MR) is 137 cm³/mol. The van der Waals surface area contributed by atoms with Crippen molar-refractivity contribution in [3.05, 3.63) is 102 Å². The largest absolute Gasteiger partial charge is 0.309 e. The monoisotopic (exact) mass is 470 g/mol. The van der Waals surface area contributed by atoms with E-state index >= 15 is 0 Å². The molecule has 6 heteroatoms. The first kappa shape index (κ1) is 21.7. The number of hydrogen-bond donors (Lipinski definition) is 0. The minimum Gasteiger partial charge on any atom is -0.309 e. The highest BCUT2D eigenvalue weighted by atomic mass is 16.2. The van der Waals surface area contributed by atoms with Crippen LogP contribution in [0.4, 0.5) is 11.4 Å². The van der Waals surface area contributed by atoms with E-state index in [-0.39, 0.29) is 23.8 Å². The lowest BCUT2D eigenvalue weighted by Gasteiger charge is -2.45. The van der Waals surface area contributed by atoms with Crippen molar-refractivity contribution in [1.82, 2.24) is 4.57 Å². The predicted octanol–water partition coefficient (Wildman–Crippen LogP) is 4.63. The van der Waals surface area contributed by atoms with Crippen molar-refractivity contribution in [3.63, 3.8) is 0 Å². The first-order valence-corrected chi connectivity index (χ1v) is 11.9. The number of nitrogens with zero attached hydrogens (tertiary/aromatic N) is 4. The second kappa shape index (κ2) is 8.15. The molecule has 0 saturated carbocycles. The van der Waals surface area contributed by atoms with E-state index in [9.17, 15) is 14.9 Å². The van der Waals surface area contributed by atoms with Crippen molar-refractivity contribution in [2.24, 2.45) is 0 Å². The number of nitriles is 1. The number of Topliss-reactive ketones (excluding diaryl/α,β-unsaturated/α-hetero) is 1. The summed E-state index contributed by atoms with van der Waals surface area (Å²) in [4.78, 5) is 31.8. The molecule has 0 bridgehead atoms. The summed E-state index contributed by atoms with van der Waals surface area (Å²) in [6.07, 6.45) is 11.0. The van der Waals surface area contributed by atoms with Gasteiger partial charge in [0.15, 0.2) is 5.78 Å². The van der Waals surface area contributed by atoms with Crippen LogP contribution in [0.5, 0.6) is 0 Å². The highest BCUT2D eigenvalue weighted by molar-refractivity contribution is 6.22. The number of hydrogen-bond acceptors (Lipinski definition) is 4. The first-order chi connectivity index (χ1) is 17.6. The normalized spacial score (nSPS) is 20.9. The molecule has 0 fully saturated rings. The summed E-state index contributed by atoms with van der Waals surface area (Å²) in [7, 11) is 0. The zero-order valence-corrected chi connectivity index (χ0v) is 19.5. The number of carbonyl (C=O) groups is 2. The second-order valence-electron chi connectivity index (χ2n) is 9.03. The maximum atomic E-state index is 14.5. The van der Waals surface area contributed by atoms with Gasteiger partial charge in [0.25, 0.3) is 0 Å². The van der Waals surface area contributed by atoms with Gasteiger partial charge in [-0.3, -0.25) is 19.4 Å². The number of ketones is 1. The fourth-order valence-corrected chi connectivity index (χ4v) is 5.90. The summed E-state index contributed by atoms with van der Waals surface area (Å²) < 4.78 is 1.86. The van der Waals surface area contributed by atoms with E-state index in [1.165, 1.54) is 4.90 Å². The van der Waals surface area contributed by atoms with Gasteiger partial charge >= 0.3 is 0 Å². The van der Waals surface area contributed by atoms with Gasteiger partial charge in [-0.05, 0) is 43.2 Å². The summed E-state index contributed by atoms with van der Waals surface area (Å²) >= 11 is 0. The van der Waals surface area contributed by atoms with E-state index in [4.69, 9.17) is 6.42 Å². The molecule has 3 heterocycles. The number of allylic oxidation sites excluding steroid dienone is 1. The number of para-hydroxylation sites is 2. The Morgan fingerprint density at radius 3 is 2.39 bits per heavy atom. The molecule has 3 aromatic rings. The van der Waals surface area contributed by atoms with E-state index in [1.54, 1.807) is 0 Å². The molecule has 2 aromatic carbocycles. The van der Waals surface area contributed by atoms with Crippen molar-refractivity contribution < 1.29 is 9.59 Å². The number of aromatic nitrogens is 1. The molecule has 174 valence electrons. The first-order valence-electron chi connectivity index (χ1n) is 11.9. The van der Waals surface area contributed by atoms with E-state index in [2.05, 4.69) is 12.0 Å². The second-order valence-corrected chi connectivity index (χ2v) is 9.03. The van der Waals surface area contributed by atoms with Crippen molar-refractivity contribution in [2.75, 3.05) is 16.3 Å². The van der Waals surface area contributed by atoms with E-state index in [1.807, 2.05) is 88.6 Å². The van der Waals surface area contributed by atoms with Gasteiger partial charge in [-0.15, -0.1) is 6.42 Å². The molecule has 6 rings (SSSR count). The number of fused-ring (bicyclic) bond motifs is 3. The quantitative estimate of drug-likeness (QED) is 0.524. The average Bonchev–Trinajstić information content (AvgIpc) is 3.52. The van der Waals surface area contributed by atoms with Crippen LogP contribution in [-0.2, 0) is 15.0 Å². The molecule has 1 aromatic heterocycles. The van der Waals surface area contributed by atoms with Crippen molar-refractivity contribution in [2.45, 2.75) is 24.7 Å². The number of benzene rings is 2. The number of carbonyl (C=O) groups excluding carboxylic acids is 2. The zero-order valence-electron chi connectivity index (χ0n) is 19.5. The van der Waals surface area contributed by atoms with Crippen LogP contribution in [0.2, 0.25) is 0 Å². The third-order valence-electron chi connectivity index (χ3n) is 7.23. The Balaban J connectivity index is 1.79. The topological polar surface area (TPSA) is 69.3 Å². The summed E-state index contributed by atoms with van der Waals surface area (Å²) in [5.74, 6) is 2.67. The van der Waals surface area contributed by atoms with Crippen LogP contribution >= 0.6 is 0 Å². The summed E-state index contributed by atoms with van der Waals surface area (Å²) in [6, 6.07) is 23.2. The highest BCUT2D eigenvalue weighted by Crippen LogP contribution is 2.58. The van der Waals surface area contributed by atoms with Gasteiger partial charge < -0.3 is 4.57 Å². The third kappa shape index (κ3) is 2.73. The van der Waals surface area contributed by atoms with Gasteiger partial charge in [-0.2, -0.15) is 5.26 Å². The summed E-state index contributed by atoms with van der Waals surface area (Å²) in [5, 5.41) is 10.8. The molecule has 2 aliphatic heterocycles. The Morgan fingerprint density at radius 1 is 0.944 bits per heavy atom. The minimum atomic E-state index is -1.56. The van der Waals surface area contributed by atoms with Crippen LogP contribution in [0.3, 0.4) is 0 Å². The van der Waals surface area contributed by atoms with Crippen LogP contribution in [-0.4, -0.2) is 22.8 Å². The van der Waals surface area contributed by atoms with Gasteiger partial charge in [-0.1, -0.05) is 42.3 Å². The summed E-state index contributed by atoms with van der Waals surface area (Å²) in [5.41, 5.74) is 1.90. The maximum absolute atomic E-state index is 14.5. The molecule has 1 amide bonds. The smallest absolute Gasteiger partial charge is 0.248 e. The number of terminal acetylenes is 1. The van der Waals surface area contributed by atoms with Crippen LogP contribution in [0, 0.1) is 23.7 Å². The standard InChI is InChI=1S/C30H22N4O2/c1-2-17-33-24-14-7-6-13-22(24)30(29(33)36)23(20-31)28(32-18-8-9-19-32)34(21-11-4-3-5-12-21)25-15-10-16-26(35)27(25)30/h1,3-9,11-14,18-19H,10,15-17H2/t30-/m0/s1. The van der Waals surface area contributed by atoms with Crippen molar-refractivity contribution >= 4 is 28.9 Å². The molecule has 1 spiro atoms. The summed E-state index contributed by atoms with van der Waals surface area (Å²) in [6.45, 7) is 0.0500. The molecule has 1 aliphatic carbocycles. The van der Waals surface area contributed by atoms with Crippen LogP contribution in [0.15, 0.2) is 96.0 Å². The lowest BCUT2D eigenvalue weighted by Crippen LogP contribution is -2.51. The molecule has 0 N–H and O–H groups in total. The van der Waals surface area contributed by atoms with Gasteiger partial charge in [0, 0.05) is 47.0 Å². The average molecular weight is 471 g/mol. The molecule has 1 atom stereocenters. The fraction of sp³-hybridized carbons (Fsp3) is 0.167. The molecule has 36 heavy (non-hydrogen) atoms. The lowest BCUT2D eigenvalue weighted by atomic mass is 9.63. The molecule has 3 aliphatic rings. The highest BCUT2D eigenvalue weighted by Gasteiger charge is 2.62. The molecular formula is C30H22N4O2. The molecule has 0 unspecified atom stereocenters. The van der Waals surface area contributed by atoms with E-state index in [0.717, 1.165) is 11.4 Å². The van der Waals surface area contributed by atoms with Crippen LogP contribution in [0.1, 0.15) is 24.8 Å². The number of anilines is 2. The van der Waals surface area contributed by atoms with Gasteiger partial charge in [0.2, 0.25) is 5.91 Å². The van der Waals surface area contributed by atoms with E-state index < -0.39 is 5.41 Å². The molecular weight excluding hydrogens is 448 g/mol. The number of rotatable bonds is 3. The fourth-order valence-electron chi connectivity index (χ4n) is 5.90. The maximum Gasteiger partial charge on any atom is 0.248 e.